The molecule has 1 aromatic carbocycles. The van der Waals surface area contributed by atoms with Crippen molar-refractivity contribution >= 4 is 17.7 Å². The number of carbonyl (C=O) groups excluding carboxylic acids is 2. The lowest BCUT2D eigenvalue weighted by Crippen LogP contribution is -2.54. The van der Waals surface area contributed by atoms with Crippen molar-refractivity contribution in [2.75, 3.05) is 13.1 Å². The van der Waals surface area contributed by atoms with Crippen LogP contribution in [-0.2, 0) is 4.79 Å². The predicted octanol–water partition coefficient (Wildman–Crippen LogP) is 1.91. The van der Waals surface area contributed by atoms with Crippen molar-refractivity contribution < 1.29 is 19.5 Å². The maximum atomic E-state index is 12.4. The van der Waals surface area contributed by atoms with Gasteiger partial charge in [-0.15, -0.1) is 0 Å². The molecule has 1 amide bonds. The van der Waals surface area contributed by atoms with Gasteiger partial charge in [0.15, 0.2) is 5.78 Å². The standard InChI is InChI=1S/C20H23N3O4/c1-2-23(12-18(24)25)17-9-16(10-17)22-20(27)14-5-3-13(4-6-14)19(26)15-7-8-21-11-15/h3-8,11,16-17,21H,2,9-10,12H2,1H3,(H,22,27)(H,24,25). The zero-order valence-electron chi connectivity index (χ0n) is 15.1. The molecule has 7 heteroatoms. The van der Waals surface area contributed by atoms with Gasteiger partial charge in [-0.25, -0.2) is 0 Å². The molecule has 142 valence electrons. The first-order valence-electron chi connectivity index (χ1n) is 9.02. The van der Waals surface area contributed by atoms with E-state index in [-0.39, 0.29) is 30.3 Å². The fraction of sp³-hybridized carbons (Fsp3) is 0.350. The first-order valence-corrected chi connectivity index (χ1v) is 9.02. The number of benzene rings is 1. The molecule has 0 aliphatic heterocycles. The monoisotopic (exact) mass is 369 g/mol. The Morgan fingerprint density at radius 2 is 1.78 bits per heavy atom. The molecular formula is C20H23N3O4. The maximum absolute atomic E-state index is 12.4. The lowest BCUT2D eigenvalue weighted by molar-refractivity contribution is -0.139. The highest BCUT2D eigenvalue weighted by atomic mass is 16.4. The van der Waals surface area contributed by atoms with Crippen molar-refractivity contribution in [2.45, 2.75) is 31.8 Å². The minimum Gasteiger partial charge on any atom is -0.480 e. The maximum Gasteiger partial charge on any atom is 0.317 e. The Morgan fingerprint density at radius 3 is 2.33 bits per heavy atom. The fourth-order valence-electron chi connectivity index (χ4n) is 3.35. The quantitative estimate of drug-likeness (QED) is 0.617. The highest BCUT2D eigenvalue weighted by Gasteiger charge is 2.34. The average Bonchev–Trinajstić information content (AvgIpc) is 3.16. The summed E-state index contributed by atoms with van der Waals surface area (Å²) in [6.45, 7) is 2.64. The summed E-state index contributed by atoms with van der Waals surface area (Å²) in [4.78, 5) is 40.3. The number of nitrogens with zero attached hydrogens (tertiary/aromatic N) is 1. The molecule has 0 spiro atoms. The van der Waals surface area contributed by atoms with Crippen LogP contribution in [0.25, 0.3) is 0 Å². The predicted molar refractivity (Wildman–Crippen MR) is 99.8 cm³/mol. The van der Waals surface area contributed by atoms with Crippen molar-refractivity contribution in [1.82, 2.24) is 15.2 Å². The van der Waals surface area contributed by atoms with E-state index < -0.39 is 5.97 Å². The molecule has 1 aliphatic rings. The van der Waals surface area contributed by atoms with Crippen molar-refractivity contribution in [3.8, 4) is 0 Å². The van der Waals surface area contributed by atoms with E-state index >= 15 is 0 Å². The van der Waals surface area contributed by atoms with Gasteiger partial charge in [-0.1, -0.05) is 19.1 Å². The number of hydrogen-bond donors (Lipinski definition) is 3. The number of rotatable bonds is 8. The number of ketones is 1. The van der Waals surface area contributed by atoms with E-state index in [0.717, 1.165) is 12.8 Å². The van der Waals surface area contributed by atoms with Crippen molar-refractivity contribution in [3.05, 3.63) is 59.4 Å². The number of carbonyl (C=O) groups is 3. The Hall–Kier alpha value is -2.93. The van der Waals surface area contributed by atoms with Gasteiger partial charge in [0.05, 0.1) is 6.54 Å². The number of hydrogen-bond acceptors (Lipinski definition) is 4. The van der Waals surface area contributed by atoms with Gasteiger partial charge in [0.25, 0.3) is 5.91 Å². The molecule has 0 radical (unpaired) electrons. The van der Waals surface area contributed by atoms with Crippen LogP contribution in [-0.4, -0.2) is 57.8 Å². The van der Waals surface area contributed by atoms with Crippen LogP contribution in [0.3, 0.4) is 0 Å². The third kappa shape index (κ3) is 4.43. The molecule has 1 aliphatic carbocycles. The first kappa shape index (κ1) is 18.8. The summed E-state index contributed by atoms with van der Waals surface area (Å²) >= 11 is 0. The van der Waals surface area contributed by atoms with Crippen LogP contribution in [0.1, 0.15) is 46.0 Å². The summed E-state index contributed by atoms with van der Waals surface area (Å²) < 4.78 is 0. The van der Waals surface area contributed by atoms with Gasteiger partial charge in [-0.05, 0) is 37.6 Å². The van der Waals surface area contributed by atoms with Gasteiger partial charge in [0.2, 0.25) is 0 Å². The van der Waals surface area contributed by atoms with Crippen LogP contribution < -0.4 is 5.32 Å². The molecule has 0 unspecified atom stereocenters. The number of aromatic amines is 1. The van der Waals surface area contributed by atoms with Crippen LogP contribution in [0.4, 0.5) is 0 Å². The van der Waals surface area contributed by atoms with E-state index in [1.807, 2.05) is 11.8 Å². The van der Waals surface area contributed by atoms with Gasteiger partial charge >= 0.3 is 5.97 Å². The number of nitrogens with one attached hydrogen (secondary N) is 2. The molecular weight excluding hydrogens is 346 g/mol. The molecule has 1 saturated carbocycles. The second kappa shape index (κ2) is 8.18. The largest absolute Gasteiger partial charge is 0.480 e. The van der Waals surface area contributed by atoms with Crippen molar-refractivity contribution in [2.24, 2.45) is 0 Å². The third-order valence-corrected chi connectivity index (χ3v) is 4.98. The lowest BCUT2D eigenvalue weighted by Gasteiger charge is -2.42. The van der Waals surface area contributed by atoms with Crippen molar-refractivity contribution in [1.29, 1.82) is 0 Å². The molecule has 0 atom stereocenters. The molecule has 27 heavy (non-hydrogen) atoms. The van der Waals surface area contributed by atoms with Crippen LogP contribution in [0.15, 0.2) is 42.7 Å². The summed E-state index contributed by atoms with van der Waals surface area (Å²) in [5.74, 6) is -1.11. The molecule has 2 aromatic rings. The van der Waals surface area contributed by atoms with Crippen LogP contribution in [0.2, 0.25) is 0 Å². The van der Waals surface area contributed by atoms with Gasteiger partial charge in [-0.2, -0.15) is 0 Å². The van der Waals surface area contributed by atoms with Gasteiger partial charge in [0.1, 0.15) is 0 Å². The van der Waals surface area contributed by atoms with Crippen LogP contribution >= 0.6 is 0 Å². The molecule has 1 heterocycles. The SMILES string of the molecule is CCN(CC(=O)O)C1CC(NC(=O)c2ccc(C(=O)c3cc[nH]c3)cc2)C1. The number of aromatic nitrogens is 1. The summed E-state index contributed by atoms with van der Waals surface area (Å²) in [5.41, 5.74) is 1.61. The topological polar surface area (TPSA) is 102 Å². The number of carboxylic acid groups (broad SMARTS) is 1. The first-order chi connectivity index (χ1) is 13.0. The molecule has 3 rings (SSSR count). The number of amides is 1. The zero-order valence-corrected chi connectivity index (χ0v) is 15.1. The smallest absolute Gasteiger partial charge is 0.317 e. The highest BCUT2D eigenvalue weighted by molar-refractivity contribution is 6.09. The van der Waals surface area contributed by atoms with E-state index in [9.17, 15) is 14.4 Å². The lowest BCUT2D eigenvalue weighted by atomic mass is 9.85. The second-order valence-electron chi connectivity index (χ2n) is 6.76. The molecule has 1 fully saturated rings. The summed E-state index contributed by atoms with van der Waals surface area (Å²) in [5, 5.41) is 11.9. The van der Waals surface area contributed by atoms with E-state index in [2.05, 4.69) is 10.3 Å². The minimum absolute atomic E-state index is 0.0263. The van der Waals surface area contributed by atoms with Gasteiger partial charge in [-0.3, -0.25) is 19.3 Å². The second-order valence-corrected chi connectivity index (χ2v) is 6.76. The van der Waals surface area contributed by atoms with Crippen molar-refractivity contribution in [3.63, 3.8) is 0 Å². The molecule has 3 N–H and O–H groups in total. The van der Waals surface area contributed by atoms with Crippen LogP contribution in [0, 0.1) is 0 Å². The van der Waals surface area contributed by atoms with E-state index in [1.54, 1.807) is 42.7 Å². The molecule has 7 nitrogen and oxygen atoms in total. The van der Waals surface area contributed by atoms with E-state index in [1.165, 1.54) is 0 Å². The summed E-state index contributed by atoms with van der Waals surface area (Å²) in [7, 11) is 0. The number of aliphatic carboxylic acids is 1. The average molecular weight is 369 g/mol. The number of likely N-dealkylation sites (N-methyl/N-ethyl adjacent to an activating group) is 1. The minimum atomic E-state index is -0.835. The number of carboxylic acids is 1. The normalized spacial score (nSPS) is 18.7. The molecule has 0 saturated heterocycles. The zero-order chi connectivity index (χ0) is 19.4. The summed E-state index contributed by atoms with van der Waals surface area (Å²) in [6, 6.07) is 8.55. The Bertz CT molecular complexity index is 808. The highest BCUT2D eigenvalue weighted by Crippen LogP contribution is 2.26. The Labute approximate surface area is 157 Å². The summed E-state index contributed by atoms with van der Waals surface area (Å²) in [6.07, 6.45) is 4.82. The number of H-pyrrole nitrogens is 1. The van der Waals surface area contributed by atoms with Gasteiger partial charge in [0, 0.05) is 41.2 Å². The third-order valence-electron chi connectivity index (χ3n) is 4.98. The Morgan fingerprint density at radius 1 is 1.11 bits per heavy atom. The fourth-order valence-corrected chi connectivity index (χ4v) is 3.35. The van der Waals surface area contributed by atoms with E-state index in [0.29, 0.717) is 23.2 Å². The van der Waals surface area contributed by atoms with E-state index in [4.69, 9.17) is 5.11 Å². The Kier molecular flexibility index (Phi) is 5.71. The molecule has 1 aromatic heterocycles. The van der Waals surface area contributed by atoms with Crippen LogP contribution in [0.5, 0.6) is 0 Å². The molecule has 0 bridgehead atoms. The Balaban J connectivity index is 1.52. The van der Waals surface area contributed by atoms with Gasteiger partial charge < -0.3 is 15.4 Å².